The molecule has 1 aromatic rings. The lowest BCUT2D eigenvalue weighted by Gasteiger charge is -2.37. The predicted octanol–water partition coefficient (Wildman–Crippen LogP) is 3.56. The van der Waals surface area contributed by atoms with Crippen LogP contribution in [0.3, 0.4) is 0 Å². The summed E-state index contributed by atoms with van der Waals surface area (Å²) in [6, 6.07) is 6.54. The van der Waals surface area contributed by atoms with Gasteiger partial charge in [0.2, 0.25) is 5.91 Å². The van der Waals surface area contributed by atoms with Gasteiger partial charge in [-0.2, -0.15) is 0 Å². The molecule has 1 saturated heterocycles. The first-order valence-corrected chi connectivity index (χ1v) is 9.51. The molecule has 0 spiro atoms. The van der Waals surface area contributed by atoms with Crippen LogP contribution in [-0.4, -0.2) is 55.0 Å². The summed E-state index contributed by atoms with van der Waals surface area (Å²) in [6.45, 7) is 3.67. The van der Waals surface area contributed by atoms with Crippen molar-refractivity contribution in [3.8, 4) is 5.75 Å². The highest BCUT2D eigenvalue weighted by Gasteiger charge is 2.27. The zero-order valence-electron chi connectivity index (χ0n) is 14.2. The van der Waals surface area contributed by atoms with E-state index in [0.717, 1.165) is 48.0 Å². The van der Waals surface area contributed by atoms with Crippen LogP contribution in [0.5, 0.6) is 5.75 Å². The van der Waals surface area contributed by atoms with Gasteiger partial charge in [0.05, 0.1) is 7.11 Å². The summed E-state index contributed by atoms with van der Waals surface area (Å²) >= 11 is 3.46. The lowest BCUT2D eigenvalue weighted by molar-refractivity contribution is -0.127. The van der Waals surface area contributed by atoms with E-state index in [4.69, 9.17) is 4.74 Å². The Hall–Kier alpha value is -1.33. The van der Waals surface area contributed by atoms with E-state index in [9.17, 15) is 4.79 Å². The molecule has 1 aliphatic carbocycles. The third kappa shape index (κ3) is 4.19. The average molecular weight is 393 g/mol. The maximum absolute atomic E-state index is 12.5. The molecular formula is C19H25BrN2O2. The molecule has 0 radical (unpaired) electrons. The predicted molar refractivity (Wildman–Crippen MR) is 100 cm³/mol. The van der Waals surface area contributed by atoms with E-state index in [1.807, 2.05) is 29.2 Å². The van der Waals surface area contributed by atoms with Gasteiger partial charge in [-0.05, 0) is 37.1 Å². The number of rotatable bonds is 4. The minimum atomic E-state index is 0.0862. The number of nitrogens with zero attached hydrogens (tertiary/aromatic N) is 2. The molecule has 0 atom stereocenters. The Morgan fingerprint density at radius 3 is 2.58 bits per heavy atom. The van der Waals surface area contributed by atoms with Gasteiger partial charge in [0.25, 0.3) is 0 Å². The average Bonchev–Trinajstić information content (AvgIpc) is 3.14. The number of methoxy groups -OCH3 is 1. The van der Waals surface area contributed by atoms with Crippen LogP contribution >= 0.6 is 15.9 Å². The van der Waals surface area contributed by atoms with Gasteiger partial charge in [-0.1, -0.05) is 28.8 Å². The maximum Gasteiger partial charge on any atom is 0.246 e. The molecule has 1 saturated carbocycles. The molecule has 0 bridgehead atoms. The Bertz CT molecular complexity index is 603. The number of amides is 1. The van der Waals surface area contributed by atoms with Crippen LogP contribution in [0.2, 0.25) is 0 Å². The molecule has 24 heavy (non-hydrogen) atoms. The molecule has 1 amide bonds. The summed E-state index contributed by atoms with van der Waals surface area (Å²) in [7, 11) is 1.64. The summed E-state index contributed by atoms with van der Waals surface area (Å²) in [5.74, 6) is 0.858. The van der Waals surface area contributed by atoms with Crippen LogP contribution in [0.1, 0.15) is 31.2 Å². The Balaban J connectivity index is 1.57. The first kappa shape index (κ1) is 17.5. The van der Waals surface area contributed by atoms with Crippen LogP contribution < -0.4 is 4.74 Å². The van der Waals surface area contributed by atoms with Gasteiger partial charge >= 0.3 is 0 Å². The van der Waals surface area contributed by atoms with Crippen molar-refractivity contribution in [1.82, 2.24) is 9.80 Å². The topological polar surface area (TPSA) is 32.8 Å². The Labute approximate surface area is 152 Å². The van der Waals surface area contributed by atoms with Crippen molar-refractivity contribution in [2.75, 3.05) is 33.3 Å². The zero-order valence-corrected chi connectivity index (χ0v) is 15.8. The molecule has 130 valence electrons. The van der Waals surface area contributed by atoms with E-state index in [2.05, 4.69) is 20.8 Å². The minimum absolute atomic E-state index is 0.0862. The highest BCUT2D eigenvalue weighted by atomic mass is 79.9. The third-order valence-electron chi connectivity index (χ3n) is 5.06. The monoisotopic (exact) mass is 392 g/mol. The smallest absolute Gasteiger partial charge is 0.246 e. The van der Waals surface area contributed by atoms with Crippen LogP contribution in [0.4, 0.5) is 0 Å². The van der Waals surface area contributed by atoms with Gasteiger partial charge < -0.3 is 9.64 Å². The second-order valence-electron chi connectivity index (χ2n) is 6.52. The number of benzene rings is 1. The Morgan fingerprint density at radius 1 is 1.21 bits per heavy atom. The molecule has 0 unspecified atom stereocenters. The Kier molecular flexibility index (Phi) is 5.95. The summed E-state index contributed by atoms with van der Waals surface area (Å²) in [5, 5.41) is 0. The van der Waals surface area contributed by atoms with E-state index < -0.39 is 0 Å². The van der Waals surface area contributed by atoms with Crippen molar-refractivity contribution >= 4 is 27.9 Å². The van der Waals surface area contributed by atoms with E-state index in [0.29, 0.717) is 0 Å². The van der Waals surface area contributed by atoms with Crippen molar-refractivity contribution in [2.45, 2.75) is 31.7 Å². The standard InChI is InChI=1S/C19H25BrN2O2/c1-24-18-8-7-16(20)14-15(18)6-9-19(23)22-12-10-21(11-13-22)17-4-2-3-5-17/h6-9,14,17H,2-5,10-13H2,1H3/b9-6+. The van der Waals surface area contributed by atoms with Crippen LogP contribution in [0.15, 0.2) is 28.7 Å². The maximum atomic E-state index is 12.5. The number of piperazine rings is 1. The highest BCUT2D eigenvalue weighted by Crippen LogP contribution is 2.25. The van der Waals surface area contributed by atoms with Crippen molar-refractivity contribution in [1.29, 1.82) is 0 Å². The van der Waals surface area contributed by atoms with Gasteiger partial charge in [-0.15, -0.1) is 0 Å². The molecule has 1 aromatic carbocycles. The summed E-state index contributed by atoms with van der Waals surface area (Å²) in [4.78, 5) is 17.0. The van der Waals surface area contributed by atoms with E-state index in [-0.39, 0.29) is 5.91 Å². The van der Waals surface area contributed by atoms with Crippen molar-refractivity contribution in [3.63, 3.8) is 0 Å². The number of hydrogen-bond acceptors (Lipinski definition) is 3. The van der Waals surface area contributed by atoms with Gasteiger partial charge in [0.15, 0.2) is 0 Å². The van der Waals surface area contributed by atoms with Crippen molar-refractivity contribution in [3.05, 3.63) is 34.3 Å². The molecule has 0 aromatic heterocycles. The molecule has 5 heteroatoms. The third-order valence-corrected chi connectivity index (χ3v) is 5.56. The normalized spacial score (nSPS) is 20.0. The second-order valence-corrected chi connectivity index (χ2v) is 7.43. The van der Waals surface area contributed by atoms with Crippen LogP contribution in [0.25, 0.3) is 6.08 Å². The number of carbonyl (C=O) groups excluding carboxylic acids is 1. The van der Waals surface area contributed by atoms with Gasteiger partial charge in [0, 0.05) is 48.3 Å². The van der Waals surface area contributed by atoms with E-state index >= 15 is 0 Å². The first-order valence-electron chi connectivity index (χ1n) is 8.72. The SMILES string of the molecule is COc1ccc(Br)cc1/C=C/C(=O)N1CCN(C2CCCC2)CC1. The summed E-state index contributed by atoms with van der Waals surface area (Å²) in [5.41, 5.74) is 0.907. The number of ether oxygens (including phenoxy) is 1. The number of carbonyl (C=O) groups is 1. The molecular weight excluding hydrogens is 368 g/mol. The van der Waals surface area contributed by atoms with Gasteiger partial charge in [0.1, 0.15) is 5.75 Å². The van der Waals surface area contributed by atoms with Crippen LogP contribution in [-0.2, 0) is 4.79 Å². The van der Waals surface area contributed by atoms with E-state index in [1.54, 1.807) is 13.2 Å². The lowest BCUT2D eigenvalue weighted by Crippen LogP contribution is -2.51. The summed E-state index contributed by atoms with van der Waals surface area (Å²) < 4.78 is 6.32. The largest absolute Gasteiger partial charge is 0.496 e. The fourth-order valence-corrected chi connectivity index (χ4v) is 4.06. The highest BCUT2D eigenvalue weighted by molar-refractivity contribution is 9.10. The van der Waals surface area contributed by atoms with Crippen molar-refractivity contribution < 1.29 is 9.53 Å². The molecule has 4 nitrogen and oxygen atoms in total. The second kappa shape index (κ2) is 8.17. The van der Waals surface area contributed by atoms with E-state index in [1.165, 1.54) is 25.7 Å². The number of halogens is 1. The fraction of sp³-hybridized carbons (Fsp3) is 0.526. The molecule has 2 aliphatic rings. The molecule has 3 rings (SSSR count). The van der Waals surface area contributed by atoms with Gasteiger partial charge in [-0.3, -0.25) is 9.69 Å². The molecule has 0 N–H and O–H groups in total. The van der Waals surface area contributed by atoms with Crippen molar-refractivity contribution in [2.24, 2.45) is 0 Å². The fourth-order valence-electron chi connectivity index (χ4n) is 3.68. The zero-order chi connectivity index (χ0) is 16.9. The quantitative estimate of drug-likeness (QED) is 0.734. The number of hydrogen-bond donors (Lipinski definition) is 0. The Morgan fingerprint density at radius 2 is 1.92 bits per heavy atom. The first-order chi connectivity index (χ1) is 11.7. The summed E-state index contributed by atoms with van der Waals surface area (Å²) in [6.07, 6.45) is 8.89. The molecule has 1 aliphatic heterocycles. The minimum Gasteiger partial charge on any atom is -0.496 e. The molecule has 1 heterocycles. The van der Waals surface area contributed by atoms with Gasteiger partial charge in [-0.25, -0.2) is 0 Å². The van der Waals surface area contributed by atoms with Crippen LogP contribution in [0, 0.1) is 0 Å². The lowest BCUT2D eigenvalue weighted by atomic mass is 10.1. The molecule has 2 fully saturated rings.